The molecule has 0 radical (unpaired) electrons. The van der Waals surface area contributed by atoms with Gasteiger partial charge in [-0.2, -0.15) is 5.26 Å². The minimum atomic E-state index is -0.920. The van der Waals surface area contributed by atoms with Gasteiger partial charge in [-0.1, -0.05) is 19.3 Å². The van der Waals surface area contributed by atoms with Crippen LogP contribution < -0.4 is 10.1 Å². The van der Waals surface area contributed by atoms with Crippen LogP contribution in [0.2, 0.25) is 0 Å². The number of aliphatic hydroxyl groups is 1. The van der Waals surface area contributed by atoms with Crippen molar-refractivity contribution in [2.24, 2.45) is 5.41 Å². The van der Waals surface area contributed by atoms with Crippen molar-refractivity contribution in [2.75, 3.05) is 11.9 Å². The molecule has 5 nitrogen and oxygen atoms in total. The third-order valence-corrected chi connectivity index (χ3v) is 4.14. The molecular weight excluding hydrogens is 280 g/mol. The molecule has 2 N–H and O–H groups in total. The summed E-state index contributed by atoms with van der Waals surface area (Å²) in [7, 11) is 0. The lowest BCUT2D eigenvalue weighted by atomic mass is 9.74. The second kappa shape index (κ2) is 7.28. The van der Waals surface area contributed by atoms with Gasteiger partial charge in [0, 0.05) is 11.3 Å². The Morgan fingerprint density at radius 1 is 1.41 bits per heavy atom. The molecule has 1 amide bonds. The van der Waals surface area contributed by atoms with E-state index in [4.69, 9.17) is 4.74 Å². The van der Waals surface area contributed by atoms with Gasteiger partial charge in [-0.25, -0.2) is 0 Å². The van der Waals surface area contributed by atoms with Gasteiger partial charge < -0.3 is 15.2 Å². The molecule has 0 atom stereocenters. The van der Waals surface area contributed by atoms with E-state index in [0.717, 1.165) is 19.3 Å². The van der Waals surface area contributed by atoms with Gasteiger partial charge in [0.2, 0.25) is 5.91 Å². The lowest BCUT2D eigenvalue weighted by Crippen LogP contribution is -2.36. The largest absolute Gasteiger partial charge is 0.494 e. The summed E-state index contributed by atoms with van der Waals surface area (Å²) < 4.78 is 5.42. The maximum atomic E-state index is 12.5. The number of carbonyl (C=O) groups is 1. The van der Waals surface area contributed by atoms with Crippen LogP contribution in [-0.2, 0) is 11.4 Å². The lowest BCUT2D eigenvalue weighted by molar-refractivity contribution is -0.124. The van der Waals surface area contributed by atoms with Crippen LogP contribution in [0.25, 0.3) is 0 Å². The van der Waals surface area contributed by atoms with Crippen LogP contribution >= 0.6 is 0 Å². The van der Waals surface area contributed by atoms with Gasteiger partial charge in [0.1, 0.15) is 11.2 Å². The summed E-state index contributed by atoms with van der Waals surface area (Å²) in [6.45, 7) is 2.22. The van der Waals surface area contributed by atoms with E-state index in [1.54, 1.807) is 18.2 Å². The molecule has 0 spiro atoms. The standard InChI is InChI=1S/C17H22N2O3/c1-2-22-15-7-6-14(10-13(15)11-20)19-16(21)17(12-18)8-4-3-5-9-17/h6-7,10,20H,2-5,8-9,11H2,1H3,(H,19,21). The van der Waals surface area contributed by atoms with Crippen molar-refractivity contribution in [3.8, 4) is 11.8 Å². The number of rotatable bonds is 5. The normalized spacial score (nSPS) is 16.6. The highest BCUT2D eigenvalue weighted by Crippen LogP contribution is 2.37. The molecule has 0 saturated heterocycles. The fraction of sp³-hybridized carbons (Fsp3) is 0.529. The SMILES string of the molecule is CCOc1ccc(NC(=O)C2(C#N)CCCCC2)cc1CO. The predicted molar refractivity (Wildman–Crippen MR) is 83.3 cm³/mol. The Morgan fingerprint density at radius 3 is 2.73 bits per heavy atom. The van der Waals surface area contributed by atoms with E-state index in [1.807, 2.05) is 6.92 Å². The highest BCUT2D eigenvalue weighted by molar-refractivity contribution is 5.97. The van der Waals surface area contributed by atoms with Crippen molar-refractivity contribution < 1.29 is 14.6 Å². The number of ether oxygens (including phenoxy) is 1. The van der Waals surface area contributed by atoms with Crippen molar-refractivity contribution in [1.82, 2.24) is 0 Å². The number of nitrogens with zero attached hydrogens (tertiary/aromatic N) is 1. The molecule has 118 valence electrons. The van der Waals surface area contributed by atoms with E-state index in [2.05, 4.69) is 11.4 Å². The number of nitriles is 1. The van der Waals surface area contributed by atoms with Gasteiger partial charge in [-0.3, -0.25) is 4.79 Å². The zero-order valence-corrected chi connectivity index (χ0v) is 12.9. The molecule has 1 fully saturated rings. The van der Waals surface area contributed by atoms with Crippen LogP contribution in [0.4, 0.5) is 5.69 Å². The number of amides is 1. The Hall–Kier alpha value is -2.06. The number of aliphatic hydroxyl groups excluding tert-OH is 1. The Kier molecular flexibility index (Phi) is 5.40. The van der Waals surface area contributed by atoms with E-state index < -0.39 is 5.41 Å². The molecule has 1 aliphatic carbocycles. The zero-order valence-electron chi connectivity index (χ0n) is 12.9. The van der Waals surface area contributed by atoms with Gasteiger partial charge in [0.25, 0.3) is 0 Å². The van der Waals surface area contributed by atoms with Crippen LogP contribution in [0.3, 0.4) is 0 Å². The van der Waals surface area contributed by atoms with E-state index in [1.165, 1.54) is 0 Å². The molecule has 2 rings (SSSR count). The molecule has 0 unspecified atom stereocenters. The minimum absolute atomic E-state index is 0.164. The molecule has 22 heavy (non-hydrogen) atoms. The Balaban J connectivity index is 2.16. The first-order chi connectivity index (χ1) is 10.6. The number of hydrogen-bond acceptors (Lipinski definition) is 4. The van der Waals surface area contributed by atoms with E-state index in [-0.39, 0.29) is 12.5 Å². The molecule has 0 aliphatic heterocycles. The molecule has 0 bridgehead atoms. The van der Waals surface area contributed by atoms with E-state index in [9.17, 15) is 15.2 Å². The number of hydrogen-bond donors (Lipinski definition) is 2. The average molecular weight is 302 g/mol. The smallest absolute Gasteiger partial charge is 0.244 e. The Labute approximate surface area is 130 Å². The first-order valence-electron chi connectivity index (χ1n) is 7.74. The molecule has 0 aromatic heterocycles. The quantitative estimate of drug-likeness (QED) is 0.876. The average Bonchev–Trinajstić information content (AvgIpc) is 2.57. The van der Waals surface area contributed by atoms with Gasteiger partial charge in [0.05, 0.1) is 19.3 Å². The summed E-state index contributed by atoms with van der Waals surface area (Å²) in [5.74, 6) is 0.360. The topological polar surface area (TPSA) is 82.3 Å². The molecule has 1 aromatic rings. The van der Waals surface area contributed by atoms with Gasteiger partial charge >= 0.3 is 0 Å². The Bertz CT molecular complexity index is 572. The highest BCUT2D eigenvalue weighted by atomic mass is 16.5. The summed E-state index contributed by atoms with van der Waals surface area (Å²) in [6, 6.07) is 7.36. The lowest BCUT2D eigenvalue weighted by Gasteiger charge is -2.29. The number of anilines is 1. The Morgan fingerprint density at radius 2 is 2.14 bits per heavy atom. The molecule has 5 heteroatoms. The minimum Gasteiger partial charge on any atom is -0.494 e. The second-order valence-corrected chi connectivity index (χ2v) is 5.62. The highest BCUT2D eigenvalue weighted by Gasteiger charge is 2.39. The summed E-state index contributed by atoms with van der Waals surface area (Å²) in [5, 5.41) is 21.7. The molecular formula is C17H22N2O3. The monoisotopic (exact) mass is 302 g/mol. The van der Waals surface area contributed by atoms with Crippen LogP contribution in [0.1, 0.15) is 44.6 Å². The third-order valence-electron chi connectivity index (χ3n) is 4.14. The maximum Gasteiger partial charge on any atom is 0.244 e. The van der Waals surface area contributed by atoms with E-state index in [0.29, 0.717) is 36.4 Å². The third kappa shape index (κ3) is 3.40. The summed E-state index contributed by atoms with van der Waals surface area (Å²) in [5.41, 5.74) is 0.281. The predicted octanol–water partition coefficient (Wildman–Crippen LogP) is 2.99. The van der Waals surface area contributed by atoms with Gasteiger partial charge in [0.15, 0.2) is 0 Å². The van der Waals surface area contributed by atoms with Gasteiger partial charge in [-0.05, 0) is 38.0 Å². The molecule has 1 aliphatic rings. The first-order valence-corrected chi connectivity index (χ1v) is 7.74. The number of carbonyl (C=O) groups excluding carboxylic acids is 1. The zero-order chi connectivity index (χ0) is 16.0. The fourth-order valence-electron chi connectivity index (χ4n) is 2.87. The number of benzene rings is 1. The van der Waals surface area contributed by atoms with Crippen molar-refractivity contribution in [3.63, 3.8) is 0 Å². The van der Waals surface area contributed by atoms with E-state index >= 15 is 0 Å². The maximum absolute atomic E-state index is 12.5. The van der Waals surface area contributed by atoms with Crippen LogP contribution in [-0.4, -0.2) is 17.6 Å². The van der Waals surface area contributed by atoms with Gasteiger partial charge in [-0.15, -0.1) is 0 Å². The second-order valence-electron chi connectivity index (χ2n) is 5.62. The molecule has 0 heterocycles. The van der Waals surface area contributed by atoms with Crippen molar-refractivity contribution in [2.45, 2.75) is 45.6 Å². The molecule has 1 saturated carbocycles. The van der Waals surface area contributed by atoms with Crippen molar-refractivity contribution in [3.05, 3.63) is 23.8 Å². The number of nitrogens with one attached hydrogen (secondary N) is 1. The summed E-state index contributed by atoms with van der Waals surface area (Å²) in [6.07, 6.45) is 4.12. The van der Waals surface area contributed by atoms with Crippen molar-refractivity contribution in [1.29, 1.82) is 5.26 Å². The van der Waals surface area contributed by atoms with Crippen molar-refractivity contribution >= 4 is 11.6 Å². The summed E-state index contributed by atoms with van der Waals surface area (Å²) >= 11 is 0. The van der Waals surface area contributed by atoms with Crippen LogP contribution in [0, 0.1) is 16.7 Å². The fourth-order valence-corrected chi connectivity index (χ4v) is 2.87. The first kappa shape index (κ1) is 16.3. The summed E-state index contributed by atoms with van der Waals surface area (Å²) in [4.78, 5) is 12.5. The van der Waals surface area contributed by atoms with Crippen LogP contribution in [0.15, 0.2) is 18.2 Å². The van der Waals surface area contributed by atoms with Crippen LogP contribution in [0.5, 0.6) is 5.75 Å². The molecule has 1 aromatic carbocycles.